The lowest BCUT2D eigenvalue weighted by molar-refractivity contribution is -0.140. The highest BCUT2D eigenvalue weighted by Gasteiger charge is 2.67. The molecule has 1 aromatic rings. The van der Waals surface area contributed by atoms with Crippen molar-refractivity contribution in [3.05, 3.63) is 34.3 Å². The first-order valence-electron chi connectivity index (χ1n) is 9.65. The van der Waals surface area contributed by atoms with E-state index < -0.39 is 0 Å². The predicted molar refractivity (Wildman–Crippen MR) is 106 cm³/mol. The Labute approximate surface area is 171 Å². The fraction of sp³-hybridized carbons (Fsp3) is 0.476. The van der Waals surface area contributed by atoms with E-state index in [9.17, 15) is 9.59 Å². The molecule has 0 radical (unpaired) electrons. The van der Waals surface area contributed by atoms with Crippen LogP contribution in [-0.2, 0) is 9.59 Å². The fourth-order valence-corrected chi connectivity index (χ4v) is 5.92. The molecule has 1 saturated heterocycles. The molecule has 0 spiro atoms. The molecular formula is C21H21BrN2O4. The van der Waals surface area contributed by atoms with Crippen LogP contribution in [-0.4, -0.2) is 36.8 Å². The minimum absolute atomic E-state index is 0.159. The predicted octanol–water partition coefficient (Wildman–Crippen LogP) is 3.24. The van der Waals surface area contributed by atoms with E-state index in [1.54, 1.807) is 13.2 Å². The maximum absolute atomic E-state index is 13.0. The molecule has 6 atom stereocenters. The van der Waals surface area contributed by atoms with Crippen LogP contribution in [0.3, 0.4) is 0 Å². The van der Waals surface area contributed by atoms with E-state index in [0.29, 0.717) is 29.9 Å². The molecule has 2 bridgehead atoms. The molecule has 5 aliphatic rings. The van der Waals surface area contributed by atoms with E-state index >= 15 is 0 Å². The van der Waals surface area contributed by atoms with Gasteiger partial charge in [0.15, 0.2) is 11.5 Å². The van der Waals surface area contributed by atoms with Crippen molar-refractivity contribution in [3.8, 4) is 11.5 Å². The Morgan fingerprint density at radius 1 is 1.18 bits per heavy atom. The van der Waals surface area contributed by atoms with Gasteiger partial charge in [-0.15, -0.1) is 0 Å². The molecule has 1 aliphatic heterocycles. The fourth-order valence-electron chi connectivity index (χ4n) is 5.30. The van der Waals surface area contributed by atoms with E-state index in [2.05, 4.69) is 33.2 Å². The van der Waals surface area contributed by atoms with Crippen molar-refractivity contribution >= 4 is 34.0 Å². The lowest BCUT2D eigenvalue weighted by Crippen LogP contribution is -2.40. The van der Waals surface area contributed by atoms with Crippen molar-refractivity contribution in [3.63, 3.8) is 0 Å². The minimum atomic E-state index is -0.231. The van der Waals surface area contributed by atoms with Crippen LogP contribution < -0.4 is 9.47 Å². The zero-order valence-corrected chi connectivity index (χ0v) is 17.3. The van der Waals surface area contributed by atoms with Crippen LogP contribution in [0.15, 0.2) is 33.9 Å². The molecule has 6 rings (SSSR count). The molecule has 7 heteroatoms. The van der Waals surface area contributed by atoms with Crippen molar-refractivity contribution in [2.75, 3.05) is 13.7 Å². The number of benzene rings is 1. The lowest BCUT2D eigenvalue weighted by Gasteiger charge is -2.37. The Hall–Kier alpha value is -2.15. The maximum Gasteiger partial charge on any atom is 0.254 e. The number of hydrogen-bond acceptors (Lipinski definition) is 5. The summed E-state index contributed by atoms with van der Waals surface area (Å²) in [7, 11) is 1.58. The number of carbonyl (C=O) groups is 2. The van der Waals surface area contributed by atoms with E-state index in [-0.39, 0.29) is 35.5 Å². The Bertz CT molecular complexity index is 891. The number of nitrogens with zero attached hydrogens (tertiary/aromatic N) is 2. The van der Waals surface area contributed by atoms with E-state index in [1.165, 1.54) is 6.21 Å². The second kappa shape index (κ2) is 6.44. The van der Waals surface area contributed by atoms with Crippen LogP contribution in [0.2, 0.25) is 0 Å². The third-order valence-corrected chi connectivity index (χ3v) is 7.09. The second-order valence-corrected chi connectivity index (χ2v) is 8.71. The summed E-state index contributed by atoms with van der Waals surface area (Å²) in [5.41, 5.74) is 0.718. The highest BCUT2D eigenvalue weighted by Crippen LogP contribution is 2.65. The molecule has 28 heavy (non-hydrogen) atoms. The van der Waals surface area contributed by atoms with Crippen LogP contribution in [0, 0.1) is 35.5 Å². The minimum Gasteiger partial charge on any atom is -0.492 e. The van der Waals surface area contributed by atoms with Gasteiger partial charge in [-0.1, -0.05) is 12.2 Å². The molecule has 3 fully saturated rings. The number of hydrazone groups is 1. The Morgan fingerprint density at radius 2 is 1.82 bits per heavy atom. The topological polar surface area (TPSA) is 68.2 Å². The van der Waals surface area contributed by atoms with Gasteiger partial charge in [-0.2, -0.15) is 10.1 Å². The van der Waals surface area contributed by atoms with E-state index in [1.807, 2.05) is 13.0 Å². The molecule has 2 saturated carbocycles. The third-order valence-electron chi connectivity index (χ3n) is 6.50. The molecule has 0 aromatic heterocycles. The van der Waals surface area contributed by atoms with Gasteiger partial charge in [-0.3, -0.25) is 9.59 Å². The number of halogens is 1. The Balaban J connectivity index is 1.42. The number of allylic oxidation sites excluding steroid dienone is 2. The summed E-state index contributed by atoms with van der Waals surface area (Å²) in [4.78, 5) is 25.9. The van der Waals surface area contributed by atoms with Crippen molar-refractivity contribution in [1.82, 2.24) is 5.01 Å². The van der Waals surface area contributed by atoms with Crippen molar-refractivity contribution in [1.29, 1.82) is 0 Å². The smallest absolute Gasteiger partial charge is 0.254 e. The molecular weight excluding hydrogens is 424 g/mol. The van der Waals surface area contributed by atoms with Crippen LogP contribution in [0.5, 0.6) is 11.5 Å². The SMILES string of the molecule is CCOc1cc(C=NN2C(=O)[C@@H]3[C@H]4C=C[C@@H]([C@@H]5C[C@H]45)[C@@H]3C2=O)cc(Br)c1OC. The first kappa shape index (κ1) is 17.9. The normalized spacial score (nSPS) is 34.8. The van der Waals surface area contributed by atoms with Gasteiger partial charge in [0.2, 0.25) is 0 Å². The second-order valence-electron chi connectivity index (χ2n) is 7.85. The number of methoxy groups -OCH3 is 1. The highest BCUT2D eigenvalue weighted by molar-refractivity contribution is 9.10. The number of ether oxygens (including phenoxy) is 2. The molecule has 1 heterocycles. The average molecular weight is 445 g/mol. The molecule has 2 amide bonds. The summed E-state index contributed by atoms with van der Waals surface area (Å²) < 4.78 is 11.7. The lowest BCUT2D eigenvalue weighted by atomic mass is 9.63. The summed E-state index contributed by atoms with van der Waals surface area (Å²) in [6.07, 6.45) is 7.01. The number of amides is 2. The van der Waals surface area contributed by atoms with Gasteiger partial charge in [0.25, 0.3) is 11.8 Å². The number of rotatable bonds is 5. The summed E-state index contributed by atoms with van der Waals surface area (Å²) in [6.45, 7) is 2.39. The van der Waals surface area contributed by atoms with Crippen LogP contribution >= 0.6 is 15.9 Å². The van der Waals surface area contributed by atoms with Gasteiger partial charge < -0.3 is 9.47 Å². The Morgan fingerprint density at radius 3 is 2.39 bits per heavy atom. The largest absolute Gasteiger partial charge is 0.492 e. The monoisotopic (exact) mass is 444 g/mol. The first-order valence-corrected chi connectivity index (χ1v) is 10.4. The van der Waals surface area contributed by atoms with Gasteiger partial charge in [0.1, 0.15) is 0 Å². The molecule has 4 aliphatic carbocycles. The zero-order valence-electron chi connectivity index (χ0n) is 15.7. The molecule has 0 unspecified atom stereocenters. The Kier molecular flexibility index (Phi) is 4.12. The van der Waals surface area contributed by atoms with Crippen LogP contribution in [0.1, 0.15) is 18.9 Å². The van der Waals surface area contributed by atoms with Crippen molar-refractivity contribution < 1.29 is 19.1 Å². The first-order chi connectivity index (χ1) is 13.5. The van der Waals surface area contributed by atoms with Gasteiger partial charge in [0.05, 0.1) is 36.2 Å². The number of carbonyl (C=O) groups excluding carboxylic acids is 2. The van der Waals surface area contributed by atoms with Gasteiger partial charge in [-0.05, 0) is 70.6 Å². The maximum atomic E-state index is 13.0. The quantitative estimate of drug-likeness (QED) is 0.397. The molecule has 146 valence electrons. The van der Waals surface area contributed by atoms with Gasteiger partial charge in [-0.25, -0.2) is 0 Å². The van der Waals surface area contributed by atoms with E-state index in [4.69, 9.17) is 9.47 Å². The van der Waals surface area contributed by atoms with Gasteiger partial charge >= 0.3 is 0 Å². The summed E-state index contributed by atoms with van der Waals surface area (Å²) >= 11 is 3.47. The zero-order chi connectivity index (χ0) is 19.6. The average Bonchev–Trinajstić information content (AvgIpc) is 3.46. The summed E-state index contributed by atoms with van der Waals surface area (Å²) in [5, 5.41) is 5.37. The van der Waals surface area contributed by atoms with Crippen LogP contribution in [0.25, 0.3) is 0 Å². The van der Waals surface area contributed by atoms with Crippen molar-refractivity contribution in [2.24, 2.45) is 40.6 Å². The molecule has 6 nitrogen and oxygen atoms in total. The van der Waals surface area contributed by atoms with Gasteiger partial charge in [0, 0.05) is 0 Å². The highest BCUT2D eigenvalue weighted by atomic mass is 79.9. The standard InChI is InChI=1S/C21H21BrN2O4/c1-3-28-16-7-10(6-15(22)19(16)27-2)9-23-24-20(25)17-11-4-5-12(14-8-13(11)14)18(17)21(24)26/h4-7,9,11-14,17-18H,3,8H2,1-2H3/t11-,12-,13-,14+,17-,18+/m0/s1. The van der Waals surface area contributed by atoms with Crippen molar-refractivity contribution in [2.45, 2.75) is 13.3 Å². The summed E-state index contributed by atoms with van der Waals surface area (Å²) in [5.74, 6) is 1.98. The molecule has 0 N–H and O–H groups in total. The number of hydrogen-bond donors (Lipinski definition) is 0. The number of imide groups is 1. The van der Waals surface area contributed by atoms with Crippen LogP contribution in [0.4, 0.5) is 0 Å². The molecule has 1 aromatic carbocycles. The van der Waals surface area contributed by atoms with E-state index in [0.717, 1.165) is 21.5 Å². The third kappa shape index (κ3) is 2.48. The summed E-state index contributed by atoms with van der Waals surface area (Å²) in [6, 6.07) is 3.61.